The van der Waals surface area contributed by atoms with E-state index in [1.165, 1.54) is 31.0 Å². The van der Waals surface area contributed by atoms with Gasteiger partial charge < -0.3 is 24.3 Å². The first-order valence-electron chi connectivity index (χ1n) is 6.17. The number of aromatic nitrogens is 1. The van der Waals surface area contributed by atoms with Crippen molar-refractivity contribution in [3.63, 3.8) is 0 Å². The van der Waals surface area contributed by atoms with Gasteiger partial charge in [0.1, 0.15) is 17.1 Å². The molecule has 0 saturated heterocycles. The summed E-state index contributed by atoms with van der Waals surface area (Å²) in [6, 6.07) is 3.16. The molecule has 112 valence electrons. The molecule has 7 nitrogen and oxygen atoms in total. The number of carbonyl (C=O) groups is 1. The van der Waals surface area contributed by atoms with Gasteiger partial charge in [0, 0.05) is 12.7 Å². The van der Waals surface area contributed by atoms with Gasteiger partial charge in [-0.15, -0.1) is 0 Å². The van der Waals surface area contributed by atoms with E-state index >= 15 is 0 Å². The topological polar surface area (TPSA) is 98.0 Å². The van der Waals surface area contributed by atoms with Crippen LogP contribution in [-0.4, -0.2) is 41.6 Å². The van der Waals surface area contributed by atoms with Crippen LogP contribution in [0, 0.1) is 0 Å². The second-order valence-corrected chi connectivity index (χ2v) is 4.29. The number of methoxy groups -OCH3 is 2. The Balaban J connectivity index is 3.02. The summed E-state index contributed by atoms with van der Waals surface area (Å²) in [5.41, 5.74) is -0.647. The molecule has 0 amide bonds. The quantitative estimate of drug-likeness (QED) is 0.842. The average Bonchev–Trinajstić information content (AvgIpc) is 2.48. The summed E-state index contributed by atoms with van der Waals surface area (Å²) in [4.78, 5) is 23.6. The van der Waals surface area contributed by atoms with Crippen molar-refractivity contribution in [3.8, 4) is 11.5 Å². The zero-order chi connectivity index (χ0) is 15.6. The molecular formula is C14H15NO6. The molecule has 2 N–H and O–H groups in total. The fourth-order valence-corrected chi connectivity index (χ4v) is 2.24. The lowest BCUT2D eigenvalue weighted by molar-refractivity contribution is 0.0694. The summed E-state index contributed by atoms with van der Waals surface area (Å²) < 4.78 is 11.9. The summed E-state index contributed by atoms with van der Waals surface area (Å²) in [6.45, 7) is -0.0853. The van der Waals surface area contributed by atoms with Crippen LogP contribution in [0.15, 0.2) is 23.1 Å². The normalized spacial score (nSPS) is 10.6. The van der Waals surface area contributed by atoms with Crippen molar-refractivity contribution in [2.24, 2.45) is 0 Å². The van der Waals surface area contributed by atoms with E-state index in [0.717, 1.165) is 0 Å². The van der Waals surface area contributed by atoms with E-state index in [2.05, 4.69) is 0 Å². The van der Waals surface area contributed by atoms with Crippen LogP contribution in [0.2, 0.25) is 0 Å². The van der Waals surface area contributed by atoms with Gasteiger partial charge in [0.15, 0.2) is 0 Å². The van der Waals surface area contributed by atoms with Gasteiger partial charge in [-0.25, -0.2) is 4.79 Å². The molecule has 0 saturated carbocycles. The molecule has 2 rings (SSSR count). The number of ether oxygens (including phenoxy) is 2. The molecule has 0 fully saturated rings. The molecule has 1 heterocycles. The zero-order valence-electron chi connectivity index (χ0n) is 11.6. The number of aromatic carboxylic acids is 1. The number of aliphatic hydroxyl groups excluding tert-OH is 1. The molecule has 0 bridgehead atoms. The summed E-state index contributed by atoms with van der Waals surface area (Å²) in [7, 11) is 2.84. The summed E-state index contributed by atoms with van der Waals surface area (Å²) in [5, 5.41) is 18.4. The van der Waals surface area contributed by atoms with Crippen LogP contribution >= 0.6 is 0 Å². The van der Waals surface area contributed by atoms with Gasteiger partial charge in [-0.2, -0.15) is 0 Å². The second kappa shape index (κ2) is 5.84. The van der Waals surface area contributed by atoms with Crippen molar-refractivity contribution in [1.82, 2.24) is 4.57 Å². The Kier molecular flexibility index (Phi) is 4.13. The summed E-state index contributed by atoms with van der Waals surface area (Å²) >= 11 is 0. The van der Waals surface area contributed by atoms with Crippen LogP contribution < -0.4 is 14.9 Å². The first kappa shape index (κ1) is 14.9. The summed E-state index contributed by atoms with van der Waals surface area (Å²) in [5.74, 6) is -0.683. The predicted molar refractivity (Wildman–Crippen MR) is 75.4 cm³/mol. The Morgan fingerprint density at radius 2 is 1.86 bits per heavy atom. The standard InChI is InChI=1S/C14H15NO6/c1-20-9-3-4-10(21-2)12-11(9)13(17)8(14(18)19)7-15(12)5-6-16/h3-4,7,16H,5-6H2,1-2H3,(H,18,19). The lowest BCUT2D eigenvalue weighted by Gasteiger charge is -2.16. The molecule has 2 aromatic rings. The Labute approximate surface area is 120 Å². The molecule has 7 heteroatoms. The molecule has 0 aliphatic heterocycles. The maximum atomic E-state index is 12.4. The number of carboxylic acids is 1. The predicted octanol–water partition coefficient (Wildman–Crippen LogP) is 0.709. The van der Waals surface area contributed by atoms with Gasteiger partial charge in [0.2, 0.25) is 5.43 Å². The molecular weight excluding hydrogens is 278 g/mol. The number of fused-ring (bicyclic) bond motifs is 1. The van der Waals surface area contributed by atoms with E-state index in [4.69, 9.17) is 19.7 Å². The molecule has 1 aromatic heterocycles. The van der Waals surface area contributed by atoms with E-state index in [1.54, 1.807) is 6.07 Å². The number of nitrogens with zero attached hydrogens (tertiary/aromatic N) is 1. The Hall–Kier alpha value is -2.54. The first-order valence-corrected chi connectivity index (χ1v) is 6.17. The first-order chi connectivity index (χ1) is 10.0. The van der Waals surface area contributed by atoms with Crippen LogP contribution in [0.3, 0.4) is 0 Å². The Bertz CT molecular complexity index is 749. The van der Waals surface area contributed by atoms with E-state index < -0.39 is 11.4 Å². The smallest absolute Gasteiger partial charge is 0.341 e. The minimum absolute atomic E-state index is 0.116. The van der Waals surface area contributed by atoms with Crippen LogP contribution in [0.1, 0.15) is 10.4 Å². The number of pyridine rings is 1. The maximum Gasteiger partial charge on any atom is 0.341 e. The van der Waals surface area contributed by atoms with Gasteiger partial charge in [-0.1, -0.05) is 0 Å². The Morgan fingerprint density at radius 1 is 1.24 bits per heavy atom. The van der Waals surface area contributed by atoms with Crippen LogP contribution in [0.25, 0.3) is 10.9 Å². The lowest BCUT2D eigenvalue weighted by Crippen LogP contribution is -2.20. The third-order valence-electron chi connectivity index (χ3n) is 3.16. The van der Waals surface area contributed by atoms with Gasteiger partial charge in [0.05, 0.1) is 31.7 Å². The number of aliphatic hydroxyl groups is 1. The number of hydrogen-bond donors (Lipinski definition) is 2. The Morgan fingerprint density at radius 3 is 2.38 bits per heavy atom. The molecule has 0 radical (unpaired) electrons. The van der Waals surface area contributed by atoms with E-state index in [9.17, 15) is 9.59 Å². The molecule has 0 unspecified atom stereocenters. The van der Waals surface area contributed by atoms with Crippen molar-refractivity contribution in [3.05, 3.63) is 34.1 Å². The maximum absolute atomic E-state index is 12.4. The lowest BCUT2D eigenvalue weighted by atomic mass is 10.1. The average molecular weight is 293 g/mol. The number of rotatable bonds is 5. The van der Waals surface area contributed by atoms with Crippen molar-refractivity contribution >= 4 is 16.9 Å². The van der Waals surface area contributed by atoms with Gasteiger partial charge in [-0.3, -0.25) is 4.79 Å². The van der Waals surface area contributed by atoms with Crippen LogP contribution in [0.4, 0.5) is 0 Å². The molecule has 0 aliphatic rings. The van der Waals surface area contributed by atoms with Crippen molar-refractivity contribution < 1.29 is 24.5 Å². The van der Waals surface area contributed by atoms with Crippen molar-refractivity contribution in [1.29, 1.82) is 0 Å². The fourth-order valence-electron chi connectivity index (χ4n) is 2.24. The van der Waals surface area contributed by atoms with E-state index in [0.29, 0.717) is 11.3 Å². The van der Waals surface area contributed by atoms with Crippen molar-refractivity contribution in [2.75, 3.05) is 20.8 Å². The highest BCUT2D eigenvalue weighted by molar-refractivity contribution is 5.97. The minimum atomic E-state index is -1.33. The third kappa shape index (κ3) is 2.43. The molecule has 1 aromatic carbocycles. The SMILES string of the molecule is COc1ccc(OC)c2c1c(=O)c(C(=O)O)cn2CCO. The fraction of sp³-hybridized carbons (Fsp3) is 0.286. The molecule has 0 spiro atoms. The highest BCUT2D eigenvalue weighted by Gasteiger charge is 2.20. The van der Waals surface area contributed by atoms with Gasteiger partial charge in [-0.05, 0) is 12.1 Å². The zero-order valence-corrected chi connectivity index (χ0v) is 11.6. The van der Waals surface area contributed by atoms with Gasteiger partial charge >= 0.3 is 5.97 Å². The minimum Gasteiger partial charge on any atom is -0.496 e. The van der Waals surface area contributed by atoms with E-state index in [1.807, 2.05) is 0 Å². The number of benzene rings is 1. The van der Waals surface area contributed by atoms with Crippen LogP contribution in [-0.2, 0) is 6.54 Å². The summed E-state index contributed by atoms with van der Waals surface area (Å²) in [6.07, 6.45) is 1.20. The highest BCUT2D eigenvalue weighted by Crippen LogP contribution is 2.31. The van der Waals surface area contributed by atoms with E-state index in [-0.39, 0.29) is 29.9 Å². The van der Waals surface area contributed by atoms with Crippen molar-refractivity contribution in [2.45, 2.75) is 6.54 Å². The number of hydrogen-bond acceptors (Lipinski definition) is 5. The number of carboxylic acid groups (broad SMARTS) is 1. The molecule has 21 heavy (non-hydrogen) atoms. The second-order valence-electron chi connectivity index (χ2n) is 4.29. The third-order valence-corrected chi connectivity index (χ3v) is 3.16. The molecule has 0 atom stereocenters. The monoisotopic (exact) mass is 293 g/mol. The molecule has 0 aliphatic carbocycles. The van der Waals surface area contributed by atoms with Gasteiger partial charge in [0.25, 0.3) is 0 Å². The highest BCUT2D eigenvalue weighted by atomic mass is 16.5. The van der Waals surface area contributed by atoms with Crippen LogP contribution in [0.5, 0.6) is 11.5 Å². The largest absolute Gasteiger partial charge is 0.496 e.